The highest BCUT2D eigenvalue weighted by atomic mass is 79.9. The fourth-order valence-corrected chi connectivity index (χ4v) is 1.91. The van der Waals surface area contributed by atoms with Crippen LogP contribution in [0, 0.1) is 13.8 Å². The van der Waals surface area contributed by atoms with Crippen molar-refractivity contribution in [3.63, 3.8) is 0 Å². The average Bonchev–Trinajstić information content (AvgIpc) is 2.36. The van der Waals surface area contributed by atoms with E-state index in [2.05, 4.69) is 31.4 Å². The summed E-state index contributed by atoms with van der Waals surface area (Å²) in [5.74, 6) is -0.364. The van der Waals surface area contributed by atoms with E-state index in [9.17, 15) is 9.59 Å². The molecule has 0 aliphatic carbocycles. The third kappa shape index (κ3) is 3.08. The Morgan fingerprint density at radius 2 is 1.89 bits per heavy atom. The molecule has 2 aromatic rings. The molecular formula is C13H12BrN3O2. The number of carbonyl (C=O) groups excluding carboxylic acids is 1. The van der Waals surface area contributed by atoms with Crippen LogP contribution in [0.15, 0.2) is 33.5 Å². The molecule has 0 aliphatic rings. The number of aryl methyl sites for hydroxylation is 2. The Kier molecular flexibility index (Phi) is 3.80. The second-order valence-corrected chi connectivity index (χ2v) is 4.98. The maximum Gasteiger partial charge on any atom is 0.276 e. The number of aromatic nitrogens is 2. The lowest BCUT2D eigenvalue weighted by atomic mass is 10.1. The van der Waals surface area contributed by atoms with E-state index in [4.69, 9.17) is 0 Å². The molecule has 0 saturated heterocycles. The Morgan fingerprint density at radius 3 is 2.42 bits per heavy atom. The second-order valence-electron chi connectivity index (χ2n) is 4.18. The topological polar surface area (TPSA) is 74.8 Å². The van der Waals surface area contributed by atoms with E-state index in [0.717, 1.165) is 15.6 Å². The van der Waals surface area contributed by atoms with Crippen LogP contribution < -0.4 is 10.9 Å². The highest BCUT2D eigenvalue weighted by Gasteiger charge is 2.09. The van der Waals surface area contributed by atoms with Crippen LogP contribution in [0.2, 0.25) is 0 Å². The highest BCUT2D eigenvalue weighted by Crippen LogP contribution is 2.25. The molecule has 1 heterocycles. The number of anilines is 1. The van der Waals surface area contributed by atoms with E-state index >= 15 is 0 Å². The molecule has 1 aromatic heterocycles. The molecule has 1 aromatic carbocycles. The number of nitrogens with one attached hydrogen (secondary N) is 2. The zero-order valence-electron chi connectivity index (χ0n) is 10.5. The Balaban J connectivity index is 2.24. The van der Waals surface area contributed by atoms with Crippen LogP contribution in [0.3, 0.4) is 0 Å². The molecule has 98 valence electrons. The van der Waals surface area contributed by atoms with Crippen LogP contribution in [0.25, 0.3) is 0 Å². The van der Waals surface area contributed by atoms with Crippen LogP contribution in [0.4, 0.5) is 5.69 Å². The molecule has 19 heavy (non-hydrogen) atoms. The number of benzene rings is 1. The molecule has 0 spiro atoms. The van der Waals surface area contributed by atoms with Crippen molar-refractivity contribution >= 4 is 27.5 Å². The fraction of sp³-hybridized carbons (Fsp3) is 0.154. The summed E-state index contributed by atoms with van der Waals surface area (Å²) in [5, 5.41) is 8.64. The third-order valence-electron chi connectivity index (χ3n) is 2.61. The van der Waals surface area contributed by atoms with Gasteiger partial charge in [-0.1, -0.05) is 15.9 Å². The van der Waals surface area contributed by atoms with Crippen LogP contribution in [0.1, 0.15) is 21.6 Å². The molecule has 0 saturated carbocycles. The first-order chi connectivity index (χ1) is 8.97. The van der Waals surface area contributed by atoms with Crippen molar-refractivity contribution in [2.45, 2.75) is 13.8 Å². The van der Waals surface area contributed by atoms with Gasteiger partial charge in [-0.25, -0.2) is 5.10 Å². The summed E-state index contributed by atoms with van der Waals surface area (Å²) in [6, 6.07) is 6.37. The van der Waals surface area contributed by atoms with E-state index in [1.165, 1.54) is 12.1 Å². The lowest BCUT2D eigenvalue weighted by Gasteiger charge is -2.09. The van der Waals surface area contributed by atoms with Gasteiger partial charge in [0, 0.05) is 16.2 Å². The van der Waals surface area contributed by atoms with E-state index in [-0.39, 0.29) is 17.2 Å². The summed E-state index contributed by atoms with van der Waals surface area (Å²) in [4.78, 5) is 22.8. The predicted molar refractivity (Wildman–Crippen MR) is 76.4 cm³/mol. The zero-order chi connectivity index (χ0) is 14.0. The quantitative estimate of drug-likeness (QED) is 0.891. The van der Waals surface area contributed by atoms with Crippen molar-refractivity contribution < 1.29 is 4.79 Å². The number of hydrogen-bond donors (Lipinski definition) is 2. The summed E-state index contributed by atoms with van der Waals surface area (Å²) in [6.45, 7) is 3.90. The number of nitrogens with zero attached hydrogens (tertiary/aromatic N) is 1. The predicted octanol–water partition coefficient (Wildman–Crippen LogP) is 2.40. The largest absolute Gasteiger partial charge is 0.321 e. The van der Waals surface area contributed by atoms with Crippen LogP contribution >= 0.6 is 15.9 Å². The molecule has 0 aliphatic heterocycles. The van der Waals surface area contributed by atoms with E-state index in [0.29, 0.717) is 5.69 Å². The molecule has 2 rings (SSSR count). The monoisotopic (exact) mass is 321 g/mol. The molecule has 6 heteroatoms. The lowest BCUT2D eigenvalue weighted by molar-refractivity contribution is 0.102. The minimum Gasteiger partial charge on any atom is -0.321 e. The van der Waals surface area contributed by atoms with Crippen molar-refractivity contribution in [2.24, 2.45) is 0 Å². The first-order valence-corrected chi connectivity index (χ1v) is 6.40. The van der Waals surface area contributed by atoms with Gasteiger partial charge < -0.3 is 5.32 Å². The number of amides is 1. The lowest BCUT2D eigenvalue weighted by Crippen LogP contribution is -2.17. The van der Waals surface area contributed by atoms with Gasteiger partial charge in [0.2, 0.25) is 0 Å². The number of H-pyrrole nitrogens is 1. The number of halogens is 1. The SMILES string of the molecule is Cc1cc(NC(=O)c2ccc(=O)[nH]n2)cc(C)c1Br. The van der Waals surface area contributed by atoms with Gasteiger partial charge in [0.05, 0.1) is 0 Å². The van der Waals surface area contributed by atoms with Crippen molar-refractivity contribution in [1.82, 2.24) is 10.2 Å². The Hall–Kier alpha value is -1.95. The smallest absolute Gasteiger partial charge is 0.276 e. The van der Waals surface area contributed by atoms with Crippen molar-refractivity contribution in [3.05, 3.63) is 55.9 Å². The van der Waals surface area contributed by atoms with Crippen molar-refractivity contribution in [3.8, 4) is 0 Å². The number of hydrogen-bond acceptors (Lipinski definition) is 3. The summed E-state index contributed by atoms with van der Waals surface area (Å²) in [7, 11) is 0. The van der Waals surface area contributed by atoms with Crippen LogP contribution in [0.5, 0.6) is 0 Å². The van der Waals surface area contributed by atoms with Gasteiger partial charge in [-0.15, -0.1) is 0 Å². The molecule has 0 radical (unpaired) electrons. The van der Waals surface area contributed by atoms with Gasteiger partial charge in [0.25, 0.3) is 11.5 Å². The molecule has 0 atom stereocenters. The van der Waals surface area contributed by atoms with Gasteiger partial charge >= 0.3 is 0 Å². The number of rotatable bonds is 2. The van der Waals surface area contributed by atoms with E-state index < -0.39 is 0 Å². The molecule has 5 nitrogen and oxygen atoms in total. The first-order valence-electron chi connectivity index (χ1n) is 5.61. The van der Waals surface area contributed by atoms with E-state index in [1.54, 1.807) is 0 Å². The maximum absolute atomic E-state index is 11.9. The zero-order valence-corrected chi connectivity index (χ0v) is 12.0. The average molecular weight is 322 g/mol. The first kappa shape index (κ1) is 13.5. The van der Waals surface area contributed by atoms with Crippen molar-refractivity contribution in [1.29, 1.82) is 0 Å². The van der Waals surface area contributed by atoms with E-state index in [1.807, 2.05) is 26.0 Å². The minimum absolute atomic E-state index is 0.165. The van der Waals surface area contributed by atoms with Gasteiger partial charge in [0.15, 0.2) is 0 Å². The van der Waals surface area contributed by atoms with Gasteiger partial charge in [0.1, 0.15) is 5.69 Å². The summed E-state index contributed by atoms with van der Waals surface area (Å²) in [6.07, 6.45) is 0. The van der Waals surface area contributed by atoms with Crippen LogP contribution in [-0.2, 0) is 0 Å². The minimum atomic E-state index is -0.364. The molecule has 0 fully saturated rings. The number of carbonyl (C=O) groups is 1. The van der Waals surface area contributed by atoms with Crippen molar-refractivity contribution in [2.75, 3.05) is 5.32 Å². The Bertz CT molecular complexity index is 651. The third-order valence-corrected chi connectivity index (χ3v) is 3.86. The standard InChI is InChI=1S/C13H12BrN3O2/c1-7-5-9(6-8(2)12(7)14)15-13(19)10-3-4-11(18)17-16-10/h3-6H,1-2H3,(H,15,19)(H,17,18). The summed E-state index contributed by atoms with van der Waals surface area (Å²) >= 11 is 3.47. The second kappa shape index (κ2) is 5.36. The van der Waals surface area contributed by atoms with Crippen LogP contribution in [-0.4, -0.2) is 16.1 Å². The number of aromatic amines is 1. The van der Waals surface area contributed by atoms with Gasteiger partial charge in [-0.3, -0.25) is 9.59 Å². The molecule has 1 amide bonds. The normalized spacial score (nSPS) is 10.3. The summed E-state index contributed by atoms with van der Waals surface area (Å²) < 4.78 is 1.02. The highest BCUT2D eigenvalue weighted by molar-refractivity contribution is 9.10. The van der Waals surface area contributed by atoms with Gasteiger partial charge in [-0.05, 0) is 43.2 Å². The molecule has 2 N–H and O–H groups in total. The molecule has 0 unspecified atom stereocenters. The fourth-order valence-electron chi connectivity index (χ4n) is 1.68. The summed E-state index contributed by atoms with van der Waals surface area (Å²) in [5.41, 5.74) is 2.58. The Labute approximate surface area is 118 Å². The molecular weight excluding hydrogens is 310 g/mol. The molecule has 0 bridgehead atoms. The maximum atomic E-state index is 11.9. The Morgan fingerprint density at radius 1 is 1.26 bits per heavy atom. The van der Waals surface area contributed by atoms with Gasteiger partial charge in [-0.2, -0.15) is 5.10 Å².